The highest BCUT2D eigenvalue weighted by atomic mass is 16.5. The van der Waals surface area contributed by atoms with Crippen LogP contribution in [-0.4, -0.2) is 25.2 Å². The van der Waals surface area contributed by atoms with Gasteiger partial charge in [0.15, 0.2) is 0 Å². The number of esters is 1. The molecule has 6 heteroatoms. The van der Waals surface area contributed by atoms with E-state index in [9.17, 15) is 4.79 Å². The minimum absolute atomic E-state index is 0.0512. The van der Waals surface area contributed by atoms with Crippen molar-refractivity contribution in [2.75, 3.05) is 19.5 Å². The predicted molar refractivity (Wildman–Crippen MR) is 125 cm³/mol. The fourth-order valence-corrected chi connectivity index (χ4v) is 3.50. The lowest BCUT2D eigenvalue weighted by atomic mass is 10.1. The van der Waals surface area contributed by atoms with Gasteiger partial charge in [0.05, 0.1) is 25.2 Å². The Balaban J connectivity index is 1.64. The zero-order valence-electron chi connectivity index (χ0n) is 18.2. The van der Waals surface area contributed by atoms with Crippen molar-refractivity contribution in [3.05, 3.63) is 90.1 Å². The van der Waals surface area contributed by atoms with E-state index in [-0.39, 0.29) is 12.0 Å². The van der Waals surface area contributed by atoms with Gasteiger partial charge < -0.3 is 19.5 Å². The predicted octanol–water partition coefficient (Wildman–Crippen LogP) is 6.00. The van der Waals surface area contributed by atoms with Gasteiger partial charge in [-0.15, -0.1) is 0 Å². The van der Waals surface area contributed by atoms with Crippen LogP contribution >= 0.6 is 0 Å². The van der Waals surface area contributed by atoms with Gasteiger partial charge in [-0.1, -0.05) is 30.3 Å². The highest BCUT2D eigenvalue weighted by Gasteiger charge is 2.14. The number of anilines is 1. The molecule has 162 valence electrons. The number of nitrogens with zero attached hydrogens (tertiary/aromatic N) is 1. The van der Waals surface area contributed by atoms with Crippen molar-refractivity contribution in [3.8, 4) is 17.2 Å². The normalized spacial score (nSPS) is 11.6. The molecule has 0 fully saturated rings. The first-order chi connectivity index (χ1) is 15.6. The van der Waals surface area contributed by atoms with E-state index in [1.165, 1.54) is 7.11 Å². The summed E-state index contributed by atoms with van der Waals surface area (Å²) in [5, 5.41) is 5.38. The molecule has 3 aromatic carbocycles. The van der Waals surface area contributed by atoms with Crippen LogP contribution in [0.25, 0.3) is 10.8 Å². The van der Waals surface area contributed by atoms with Crippen LogP contribution in [0.2, 0.25) is 0 Å². The lowest BCUT2D eigenvalue weighted by Gasteiger charge is -2.18. The van der Waals surface area contributed by atoms with Crippen LogP contribution in [0.3, 0.4) is 0 Å². The first-order valence-electron chi connectivity index (χ1n) is 10.2. The Morgan fingerprint density at radius 3 is 2.44 bits per heavy atom. The lowest BCUT2D eigenvalue weighted by Crippen LogP contribution is -2.09. The maximum absolute atomic E-state index is 11.7. The molecule has 0 saturated heterocycles. The highest BCUT2D eigenvalue weighted by molar-refractivity contribution is 5.97. The molecule has 4 aromatic rings. The third kappa shape index (κ3) is 4.49. The van der Waals surface area contributed by atoms with Gasteiger partial charge in [-0.25, -0.2) is 9.78 Å². The molecule has 1 atom stereocenters. The second-order valence-electron chi connectivity index (χ2n) is 7.27. The number of nitrogens with one attached hydrogen (secondary N) is 1. The van der Waals surface area contributed by atoms with Gasteiger partial charge >= 0.3 is 5.97 Å². The van der Waals surface area contributed by atoms with Crippen LogP contribution in [-0.2, 0) is 4.74 Å². The summed E-state index contributed by atoms with van der Waals surface area (Å²) in [5.74, 6) is 2.46. The Hall–Kier alpha value is -4.06. The molecule has 4 rings (SSSR count). The molecule has 1 aromatic heterocycles. The molecule has 0 amide bonds. The second kappa shape index (κ2) is 9.39. The SMILES string of the molecule is COC(=O)c1ccc([C@H](C)Nc2nccc3cccc(Oc4cccc(OC)c4)c23)cc1. The second-order valence-corrected chi connectivity index (χ2v) is 7.27. The summed E-state index contributed by atoms with van der Waals surface area (Å²) in [7, 11) is 3.00. The number of benzene rings is 3. The fraction of sp³-hybridized carbons (Fsp3) is 0.154. The minimum atomic E-state index is -0.354. The highest BCUT2D eigenvalue weighted by Crippen LogP contribution is 2.36. The van der Waals surface area contributed by atoms with E-state index in [0.29, 0.717) is 22.9 Å². The molecule has 0 unspecified atom stereocenters. The summed E-state index contributed by atoms with van der Waals surface area (Å²) in [6, 6.07) is 22.6. The molecular weight excluding hydrogens is 404 g/mol. The number of carbonyl (C=O) groups is 1. The molecule has 0 aliphatic carbocycles. The number of ether oxygens (including phenoxy) is 3. The van der Waals surface area contributed by atoms with E-state index < -0.39 is 0 Å². The quantitative estimate of drug-likeness (QED) is 0.364. The average molecular weight is 428 g/mol. The summed E-state index contributed by atoms with van der Waals surface area (Å²) < 4.78 is 16.3. The Labute approximate surface area is 186 Å². The van der Waals surface area contributed by atoms with E-state index in [4.69, 9.17) is 14.2 Å². The van der Waals surface area contributed by atoms with Crippen molar-refractivity contribution in [1.29, 1.82) is 0 Å². The maximum Gasteiger partial charge on any atom is 0.337 e. The largest absolute Gasteiger partial charge is 0.497 e. The molecule has 0 bridgehead atoms. The van der Waals surface area contributed by atoms with Crippen molar-refractivity contribution in [2.24, 2.45) is 0 Å². The first-order valence-corrected chi connectivity index (χ1v) is 10.2. The smallest absolute Gasteiger partial charge is 0.337 e. The van der Waals surface area contributed by atoms with Gasteiger partial charge in [0.25, 0.3) is 0 Å². The van der Waals surface area contributed by atoms with Crippen LogP contribution in [0.1, 0.15) is 28.9 Å². The molecular formula is C26H24N2O4. The van der Waals surface area contributed by atoms with Gasteiger partial charge in [-0.05, 0) is 54.3 Å². The van der Waals surface area contributed by atoms with Crippen LogP contribution in [0.4, 0.5) is 5.82 Å². The van der Waals surface area contributed by atoms with Crippen LogP contribution in [0.15, 0.2) is 79.0 Å². The third-order valence-electron chi connectivity index (χ3n) is 5.21. The molecule has 0 radical (unpaired) electrons. The van der Waals surface area contributed by atoms with E-state index in [0.717, 1.165) is 22.1 Å². The van der Waals surface area contributed by atoms with E-state index in [1.54, 1.807) is 25.4 Å². The molecule has 0 spiro atoms. The van der Waals surface area contributed by atoms with Crippen LogP contribution < -0.4 is 14.8 Å². The third-order valence-corrected chi connectivity index (χ3v) is 5.21. The number of aromatic nitrogens is 1. The van der Waals surface area contributed by atoms with Gasteiger partial charge in [0, 0.05) is 18.3 Å². The van der Waals surface area contributed by atoms with Gasteiger partial charge in [-0.3, -0.25) is 0 Å². The van der Waals surface area contributed by atoms with Crippen molar-refractivity contribution < 1.29 is 19.0 Å². The monoisotopic (exact) mass is 428 g/mol. The van der Waals surface area contributed by atoms with Crippen LogP contribution in [0, 0.1) is 0 Å². The molecule has 0 saturated carbocycles. The zero-order chi connectivity index (χ0) is 22.5. The van der Waals surface area contributed by atoms with Crippen molar-refractivity contribution in [3.63, 3.8) is 0 Å². The minimum Gasteiger partial charge on any atom is -0.497 e. The molecule has 6 nitrogen and oxygen atoms in total. The Kier molecular flexibility index (Phi) is 6.22. The summed E-state index contributed by atoms with van der Waals surface area (Å²) in [4.78, 5) is 16.3. The number of carbonyl (C=O) groups excluding carboxylic acids is 1. The average Bonchev–Trinajstić information content (AvgIpc) is 2.84. The number of fused-ring (bicyclic) bond motifs is 1. The molecule has 0 aliphatic rings. The first kappa shape index (κ1) is 21.2. The Morgan fingerprint density at radius 1 is 0.938 bits per heavy atom. The maximum atomic E-state index is 11.7. The summed E-state index contributed by atoms with van der Waals surface area (Å²) in [6.45, 7) is 2.04. The van der Waals surface area contributed by atoms with Crippen molar-refractivity contribution in [2.45, 2.75) is 13.0 Å². The number of methoxy groups -OCH3 is 2. The Morgan fingerprint density at radius 2 is 1.69 bits per heavy atom. The van der Waals surface area contributed by atoms with Crippen molar-refractivity contribution >= 4 is 22.6 Å². The number of hydrogen-bond acceptors (Lipinski definition) is 6. The van der Waals surface area contributed by atoms with E-state index in [2.05, 4.69) is 10.3 Å². The number of hydrogen-bond donors (Lipinski definition) is 1. The summed E-state index contributed by atoms with van der Waals surface area (Å²) in [6.07, 6.45) is 1.77. The van der Waals surface area contributed by atoms with Crippen molar-refractivity contribution in [1.82, 2.24) is 4.98 Å². The molecule has 1 N–H and O–H groups in total. The van der Waals surface area contributed by atoms with Gasteiger partial charge in [0.1, 0.15) is 23.1 Å². The van der Waals surface area contributed by atoms with Gasteiger partial charge in [-0.2, -0.15) is 0 Å². The lowest BCUT2D eigenvalue weighted by molar-refractivity contribution is 0.0600. The van der Waals surface area contributed by atoms with E-state index in [1.807, 2.05) is 67.6 Å². The van der Waals surface area contributed by atoms with E-state index >= 15 is 0 Å². The Bertz CT molecular complexity index is 1230. The molecule has 0 aliphatic heterocycles. The summed E-state index contributed by atoms with van der Waals surface area (Å²) >= 11 is 0. The molecule has 32 heavy (non-hydrogen) atoms. The van der Waals surface area contributed by atoms with Crippen LogP contribution in [0.5, 0.6) is 17.2 Å². The molecule has 1 heterocycles. The standard InChI is InChI=1S/C26H24N2O4/c1-17(18-10-12-20(13-11-18)26(29)31-3)28-25-24-19(14-15-27-25)6-4-9-23(24)32-22-8-5-7-21(16-22)30-2/h4-17H,1-3H3,(H,27,28)/t17-/m0/s1. The number of pyridine rings is 1. The zero-order valence-corrected chi connectivity index (χ0v) is 18.2. The fourth-order valence-electron chi connectivity index (χ4n) is 3.50. The summed E-state index contributed by atoms with van der Waals surface area (Å²) in [5.41, 5.74) is 1.53. The number of rotatable bonds is 7. The topological polar surface area (TPSA) is 69.7 Å². The van der Waals surface area contributed by atoms with Gasteiger partial charge in [0.2, 0.25) is 0 Å².